The van der Waals surface area contributed by atoms with Crippen molar-refractivity contribution in [2.75, 3.05) is 7.11 Å². The Hall–Kier alpha value is -1.72. The van der Waals surface area contributed by atoms with E-state index in [1.165, 1.54) is 7.11 Å². The second kappa shape index (κ2) is 7.33. The lowest BCUT2D eigenvalue weighted by atomic mass is 10.2. The van der Waals surface area contributed by atoms with Crippen LogP contribution in [0.15, 0.2) is 46.0 Å². The molecule has 2 N–H and O–H groups in total. The molecule has 0 aliphatic rings. The summed E-state index contributed by atoms with van der Waals surface area (Å²) >= 11 is 9.32. The number of phenolic OH excluding ortho intramolecular Hbond substituents is 1. The van der Waals surface area contributed by atoms with Crippen LogP contribution < -0.4 is 10.2 Å². The Kier molecular flexibility index (Phi) is 5.47. The van der Waals surface area contributed by atoms with E-state index in [2.05, 4.69) is 26.5 Å². The molecule has 0 heterocycles. The van der Waals surface area contributed by atoms with Crippen molar-refractivity contribution in [2.45, 2.75) is 6.54 Å². The van der Waals surface area contributed by atoms with Crippen molar-refractivity contribution < 1.29 is 9.84 Å². The number of rotatable bonds is 5. The molecule has 0 unspecified atom stereocenters. The molecule has 0 amide bonds. The van der Waals surface area contributed by atoms with Crippen LogP contribution in [0.5, 0.6) is 11.5 Å². The molecular weight excluding hydrogens is 356 g/mol. The van der Waals surface area contributed by atoms with Crippen LogP contribution in [0.3, 0.4) is 0 Å². The maximum absolute atomic E-state index is 9.73. The van der Waals surface area contributed by atoms with Gasteiger partial charge in [-0.2, -0.15) is 5.10 Å². The molecule has 0 aromatic heterocycles. The number of hydrogen-bond acceptors (Lipinski definition) is 4. The summed E-state index contributed by atoms with van der Waals surface area (Å²) in [5, 5.41) is 14.6. The fourth-order valence-corrected chi connectivity index (χ4v) is 2.38. The molecule has 0 aliphatic carbocycles. The summed E-state index contributed by atoms with van der Waals surface area (Å²) in [4.78, 5) is 0. The van der Waals surface area contributed by atoms with Crippen LogP contribution in [0.1, 0.15) is 11.1 Å². The second-order valence-corrected chi connectivity index (χ2v) is 5.50. The van der Waals surface area contributed by atoms with Crippen molar-refractivity contribution in [3.8, 4) is 11.5 Å². The molecule has 2 aromatic carbocycles. The molecule has 21 heavy (non-hydrogen) atoms. The predicted molar refractivity (Wildman–Crippen MR) is 88.2 cm³/mol. The van der Waals surface area contributed by atoms with E-state index in [1.807, 2.05) is 24.3 Å². The summed E-state index contributed by atoms with van der Waals surface area (Å²) in [6, 6.07) is 11.0. The van der Waals surface area contributed by atoms with Crippen LogP contribution >= 0.6 is 27.5 Å². The quantitative estimate of drug-likeness (QED) is 0.620. The Morgan fingerprint density at radius 3 is 2.86 bits per heavy atom. The van der Waals surface area contributed by atoms with E-state index in [-0.39, 0.29) is 5.75 Å². The second-order valence-electron chi connectivity index (χ2n) is 4.24. The summed E-state index contributed by atoms with van der Waals surface area (Å²) in [6.45, 7) is 0.534. The van der Waals surface area contributed by atoms with Gasteiger partial charge in [0, 0.05) is 5.02 Å². The third-order valence-corrected chi connectivity index (χ3v) is 3.78. The number of aromatic hydroxyl groups is 1. The fraction of sp³-hybridized carbons (Fsp3) is 0.133. The van der Waals surface area contributed by atoms with E-state index >= 15 is 0 Å². The van der Waals surface area contributed by atoms with Crippen molar-refractivity contribution in [3.63, 3.8) is 0 Å². The van der Waals surface area contributed by atoms with Gasteiger partial charge >= 0.3 is 0 Å². The SMILES string of the molecule is COc1cc(/C=N\NCc2ccccc2Cl)cc(Br)c1O. The van der Waals surface area contributed by atoms with Gasteiger partial charge in [-0.05, 0) is 45.3 Å². The summed E-state index contributed by atoms with van der Waals surface area (Å²) < 4.78 is 5.63. The van der Waals surface area contributed by atoms with E-state index in [9.17, 15) is 5.11 Å². The predicted octanol–water partition coefficient (Wildman–Crippen LogP) is 3.94. The lowest BCUT2D eigenvalue weighted by Crippen LogP contribution is -2.06. The molecule has 2 rings (SSSR count). The van der Waals surface area contributed by atoms with E-state index in [1.54, 1.807) is 18.3 Å². The molecule has 0 spiro atoms. The Morgan fingerprint density at radius 1 is 1.38 bits per heavy atom. The average molecular weight is 370 g/mol. The summed E-state index contributed by atoms with van der Waals surface area (Å²) in [7, 11) is 1.50. The average Bonchev–Trinajstić information content (AvgIpc) is 2.48. The highest BCUT2D eigenvalue weighted by Gasteiger charge is 2.07. The van der Waals surface area contributed by atoms with Gasteiger partial charge in [-0.25, -0.2) is 0 Å². The lowest BCUT2D eigenvalue weighted by Gasteiger charge is -2.06. The zero-order chi connectivity index (χ0) is 15.2. The Bertz CT molecular complexity index is 662. The van der Waals surface area contributed by atoms with Crippen molar-refractivity contribution in [2.24, 2.45) is 5.10 Å². The summed E-state index contributed by atoms with van der Waals surface area (Å²) in [6.07, 6.45) is 1.64. The minimum atomic E-state index is 0.0682. The maximum Gasteiger partial charge on any atom is 0.172 e. The normalized spacial score (nSPS) is 10.8. The number of nitrogens with one attached hydrogen (secondary N) is 1. The Balaban J connectivity index is 2.02. The number of halogens is 2. The number of ether oxygens (including phenoxy) is 1. The van der Waals surface area contributed by atoms with Crippen LogP contribution in [0.4, 0.5) is 0 Å². The zero-order valence-electron chi connectivity index (χ0n) is 11.3. The molecular formula is C15H14BrClN2O2. The van der Waals surface area contributed by atoms with Crippen molar-refractivity contribution in [1.29, 1.82) is 0 Å². The van der Waals surface area contributed by atoms with Crippen molar-refractivity contribution in [3.05, 3.63) is 57.0 Å². The zero-order valence-corrected chi connectivity index (χ0v) is 13.6. The first-order chi connectivity index (χ1) is 10.1. The molecule has 0 saturated carbocycles. The van der Waals surface area contributed by atoms with Crippen LogP contribution in [0.2, 0.25) is 5.02 Å². The maximum atomic E-state index is 9.73. The molecule has 0 saturated heterocycles. The number of nitrogens with zero attached hydrogens (tertiary/aromatic N) is 1. The summed E-state index contributed by atoms with van der Waals surface area (Å²) in [5.41, 5.74) is 4.70. The van der Waals surface area contributed by atoms with E-state index in [4.69, 9.17) is 16.3 Å². The molecule has 110 valence electrons. The Labute approximate surface area is 136 Å². The number of phenols is 1. The molecule has 6 heteroatoms. The van der Waals surface area contributed by atoms with Gasteiger partial charge in [-0.1, -0.05) is 29.8 Å². The van der Waals surface area contributed by atoms with Gasteiger partial charge in [0.25, 0.3) is 0 Å². The molecule has 0 aliphatic heterocycles. The first-order valence-corrected chi connectivity index (χ1v) is 7.34. The molecule has 0 radical (unpaired) electrons. The van der Waals surface area contributed by atoms with Crippen molar-refractivity contribution >= 4 is 33.7 Å². The van der Waals surface area contributed by atoms with Gasteiger partial charge in [0.15, 0.2) is 11.5 Å². The van der Waals surface area contributed by atoms with Gasteiger partial charge in [0.05, 0.1) is 24.3 Å². The highest BCUT2D eigenvalue weighted by atomic mass is 79.9. The highest BCUT2D eigenvalue weighted by molar-refractivity contribution is 9.10. The third kappa shape index (κ3) is 4.12. The number of hydrazone groups is 1. The Morgan fingerprint density at radius 2 is 2.14 bits per heavy atom. The van der Waals surface area contributed by atoms with E-state index in [0.717, 1.165) is 11.1 Å². The first-order valence-electron chi connectivity index (χ1n) is 6.17. The number of benzene rings is 2. The standard InChI is InChI=1S/C15H14BrClN2O2/c1-21-14-7-10(6-12(16)15(14)20)8-18-19-9-11-4-2-3-5-13(11)17/h2-8,19-20H,9H2,1H3/b18-8-. The number of hydrogen-bond donors (Lipinski definition) is 2. The lowest BCUT2D eigenvalue weighted by molar-refractivity contribution is 0.372. The van der Waals surface area contributed by atoms with Crippen LogP contribution in [0.25, 0.3) is 0 Å². The largest absolute Gasteiger partial charge is 0.503 e. The van der Waals surface area contributed by atoms with Crippen LogP contribution in [-0.4, -0.2) is 18.4 Å². The van der Waals surface area contributed by atoms with Gasteiger partial charge in [-0.15, -0.1) is 0 Å². The first kappa shape index (κ1) is 15.7. The minimum Gasteiger partial charge on any atom is -0.503 e. The van der Waals surface area contributed by atoms with Gasteiger partial charge in [0.2, 0.25) is 0 Å². The molecule has 0 atom stereocenters. The van der Waals surface area contributed by atoms with Gasteiger partial charge in [0.1, 0.15) is 0 Å². The highest BCUT2D eigenvalue weighted by Crippen LogP contribution is 2.34. The third-order valence-electron chi connectivity index (χ3n) is 2.80. The van der Waals surface area contributed by atoms with E-state index in [0.29, 0.717) is 21.8 Å². The van der Waals surface area contributed by atoms with E-state index < -0.39 is 0 Å². The monoisotopic (exact) mass is 368 g/mol. The van der Waals surface area contributed by atoms with Crippen molar-refractivity contribution in [1.82, 2.24) is 5.43 Å². The summed E-state index contributed by atoms with van der Waals surface area (Å²) in [5.74, 6) is 0.454. The van der Waals surface area contributed by atoms with Gasteiger partial charge in [-0.3, -0.25) is 0 Å². The number of methoxy groups -OCH3 is 1. The molecule has 2 aromatic rings. The fourth-order valence-electron chi connectivity index (χ4n) is 1.72. The van der Waals surface area contributed by atoms with Crippen LogP contribution in [0, 0.1) is 0 Å². The minimum absolute atomic E-state index is 0.0682. The smallest absolute Gasteiger partial charge is 0.172 e. The topological polar surface area (TPSA) is 53.8 Å². The molecule has 0 fully saturated rings. The molecule has 0 bridgehead atoms. The van der Waals surface area contributed by atoms with Gasteiger partial charge < -0.3 is 15.3 Å². The van der Waals surface area contributed by atoms with Crippen LogP contribution in [-0.2, 0) is 6.54 Å². The molecule has 4 nitrogen and oxygen atoms in total.